The number of hydrogen-bond acceptors (Lipinski definition) is 2. The number of amides is 1. The summed E-state index contributed by atoms with van der Waals surface area (Å²) >= 11 is 10.7. The van der Waals surface area contributed by atoms with Crippen molar-refractivity contribution in [2.24, 2.45) is 0 Å². The lowest BCUT2D eigenvalue weighted by atomic mass is 10.2. The Hall–Kier alpha value is -0.930. The zero-order valence-corrected chi connectivity index (χ0v) is 10.4. The molecule has 0 saturated heterocycles. The van der Waals surface area contributed by atoms with Crippen LogP contribution in [0.15, 0.2) is 24.3 Å². The molecule has 1 amide bonds. The third kappa shape index (κ3) is 4.73. The molecule has 0 heterocycles. The summed E-state index contributed by atoms with van der Waals surface area (Å²) in [6.45, 7) is 2.77. The second-order valence-electron chi connectivity index (χ2n) is 3.25. The summed E-state index contributed by atoms with van der Waals surface area (Å²) in [5.41, 5.74) is 1.17. The second-order valence-corrected chi connectivity index (χ2v) is 4.35. The summed E-state index contributed by atoms with van der Waals surface area (Å²) in [7, 11) is 0. The van der Waals surface area contributed by atoms with Crippen LogP contribution < -0.4 is 10.1 Å². The standard InChI is InChI=1S/C11H13Cl2NO2/c1-8-2-4-9(5-3-8)16-7-6-14-11(15)10(12)13/h2-5,10H,6-7H2,1H3,(H,14,15). The molecule has 0 aromatic heterocycles. The molecule has 0 bridgehead atoms. The van der Waals surface area contributed by atoms with Gasteiger partial charge < -0.3 is 10.1 Å². The quantitative estimate of drug-likeness (QED) is 0.653. The lowest BCUT2D eigenvalue weighted by molar-refractivity contribution is -0.119. The molecular weight excluding hydrogens is 249 g/mol. The molecule has 0 aliphatic carbocycles. The lowest BCUT2D eigenvalue weighted by Crippen LogP contribution is -2.32. The number of hydrogen-bond donors (Lipinski definition) is 1. The second kappa shape index (κ2) is 6.61. The topological polar surface area (TPSA) is 38.3 Å². The first-order valence-electron chi connectivity index (χ1n) is 4.85. The summed E-state index contributed by atoms with van der Waals surface area (Å²) in [5, 5.41) is 2.54. The van der Waals surface area contributed by atoms with Gasteiger partial charge in [0.05, 0.1) is 6.54 Å². The van der Waals surface area contributed by atoms with Crippen molar-refractivity contribution in [2.75, 3.05) is 13.2 Å². The fraction of sp³-hybridized carbons (Fsp3) is 0.364. The lowest BCUT2D eigenvalue weighted by Gasteiger charge is -2.08. The van der Waals surface area contributed by atoms with Crippen molar-refractivity contribution in [3.63, 3.8) is 0 Å². The highest BCUT2D eigenvalue weighted by Gasteiger charge is 2.09. The van der Waals surface area contributed by atoms with Gasteiger partial charge in [-0.1, -0.05) is 40.9 Å². The molecule has 0 saturated carbocycles. The molecule has 16 heavy (non-hydrogen) atoms. The zero-order chi connectivity index (χ0) is 12.0. The fourth-order valence-electron chi connectivity index (χ4n) is 1.05. The van der Waals surface area contributed by atoms with E-state index in [1.54, 1.807) is 0 Å². The number of aryl methyl sites for hydroxylation is 1. The van der Waals surface area contributed by atoms with Gasteiger partial charge in [0, 0.05) is 0 Å². The molecule has 0 unspecified atom stereocenters. The smallest absolute Gasteiger partial charge is 0.253 e. The minimum Gasteiger partial charge on any atom is -0.492 e. The first-order chi connectivity index (χ1) is 7.59. The Bertz CT molecular complexity index is 338. The van der Waals surface area contributed by atoms with Gasteiger partial charge in [0.2, 0.25) is 0 Å². The first kappa shape index (κ1) is 13.1. The molecule has 0 spiro atoms. The summed E-state index contributed by atoms with van der Waals surface area (Å²) in [5.74, 6) is 0.365. The number of carbonyl (C=O) groups excluding carboxylic acids is 1. The van der Waals surface area contributed by atoms with E-state index in [1.165, 1.54) is 5.56 Å². The molecule has 1 aromatic carbocycles. The molecule has 0 fully saturated rings. The van der Waals surface area contributed by atoms with Gasteiger partial charge >= 0.3 is 0 Å². The van der Waals surface area contributed by atoms with Gasteiger partial charge in [0.15, 0.2) is 4.84 Å². The maximum Gasteiger partial charge on any atom is 0.253 e. The van der Waals surface area contributed by atoms with E-state index in [1.807, 2.05) is 31.2 Å². The summed E-state index contributed by atoms with van der Waals surface area (Å²) in [6.07, 6.45) is 0. The van der Waals surface area contributed by atoms with Crippen molar-refractivity contribution in [3.8, 4) is 5.75 Å². The highest BCUT2D eigenvalue weighted by molar-refractivity contribution is 6.53. The maximum atomic E-state index is 11.0. The predicted octanol–water partition coefficient (Wildman–Crippen LogP) is 2.29. The van der Waals surface area contributed by atoms with Gasteiger partial charge in [-0.3, -0.25) is 4.79 Å². The van der Waals surface area contributed by atoms with Gasteiger partial charge in [-0.15, -0.1) is 0 Å². The number of carbonyl (C=O) groups is 1. The predicted molar refractivity (Wildman–Crippen MR) is 65.2 cm³/mol. The SMILES string of the molecule is Cc1ccc(OCCNC(=O)C(Cl)Cl)cc1. The van der Waals surface area contributed by atoms with Gasteiger partial charge in [-0.05, 0) is 19.1 Å². The van der Waals surface area contributed by atoms with Crippen LogP contribution in [0.2, 0.25) is 0 Å². The van der Waals surface area contributed by atoms with Gasteiger partial charge in [-0.25, -0.2) is 0 Å². The molecule has 1 N–H and O–H groups in total. The van der Waals surface area contributed by atoms with Crippen molar-refractivity contribution < 1.29 is 9.53 Å². The third-order valence-corrected chi connectivity index (χ3v) is 2.29. The van der Waals surface area contributed by atoms with Crippen molar-refractivity contribution in [1.29, 1.82) is 0 Å². The van der Waals surface area contributed by atoms with Crippen LogP contribution in [0.4, 0.5) is 0 Å². The number of ether oxygens (including phenoxy) is 1. The van der Waals surface area contributed by atoms with E-state index in [2.05, 4.69) is 5.32 Å². The molecular formula is C11H13Cl2NO2. The van der Waals surface area contributed by atoms with Crippen LogP contribution in [-0.4, -0.2) is 23.9 Å². The minimum absolute atomic E-state index is 0.378. The van der Waals surface area contributed by atoms with Crippen LogP contribution in [0.5, 0.6) is 5.75 Å². The van der Waals surface area contributed by atoms with E-state index >= 15 is 0 Å². The Morgan fingerprint density at radius 1 is 1.38 bits per heavy atom. The summed E-state index contributed by atoms with van der Waals surface area (Å²) < 4.78 is 5.39. The van der Waals surface area contributed by atoms with E-state index in [0.717, 1.165) is 5.75 Å². The molecule has 3 nitrogen and oxygen atoms in total. The van der Waals surface area contributed by atoms with Crippen molar-refractivity contribution in [2.45, 2.75) is 11.8 Å². The maximum absolute atomic E-state index is 11.0. The van der Waals surface area contributed by atoms with Crippen molar-refractivity contribution in [3.05, 3.63) is 29.8 Å². The minimum atomic E-state index is -1.03. The highest BCUT2D eigenvalue weighted by Crippen LogP contribution is 2.10. The van der Waals surface area contributed by atoms with E-state index in [0.29, 0.717) is 13.2 Å². The summed E-state index contributed by atoms with van der Waals surface area (Å²) in [6, 6.07) is 7.68. The van der Waals surface area contributed by atoms with Gasteiger partial charge in [0.1, 0.15) is 12.4 Å². The van der Waals surface area contributed by atoms with Crippen molar-refractivity contribution in [1.82, 2.24) is 5.32 Å². The number of alkyl halides is 2. The van der Waals surface area contributed by atoms with Crippen LogP contribution >= 0.6 is 23.2 Å². The average molecular weight is 262 g/mol. The van der Waals surface area contributed by atoms with E-state index in [4.69, 9.17) is 27.9 Å². The Morgan fingerprint density at radius 3 is 2.56 bits per heavy atom. The van der Waals surface area contributed by atoms with Crippen LogP contribution in [0.25, 0.3) is 0 Å². The number of benzene rings is 1. The van der Waals surface area contributed by atoms with Gasteiger partial charge in [-0.2, -0.15) is 0 Å². The average Bonchev–Trinajstić information content (AvgIpc) is 2.26. The molecule has 5 heteroatoms. The molecule has 88 valence electrons. The molecule has 0 radical (unpaired) electrons. The number of halogens is 2. The van der Waals surface area contributed by atoms with Crippen LogP contribution in [0.1, 0.15) is 5.56 Å². The normalized spacial score (nSPS) is 10.2. The monoisotopic (exact) mass is 261 g/mol. The zero-order valence-electron chi connectivity index (χ0n) is 8.87. The molecule has 1 rings (SSSR count). The molecule has 0 aliphatic rings. The summed E-state index contributed by atoms with van der Waals surface area (Å²) in [4.78, 5) is 9.94. The molecule has 1 aromatic rings. The van der Waals surface area contributed by atoms with E-state index < -0.39 is 10.7 Å². The molecule has 0 atom stereocenters. The van der Waals surface area contributed by atoms with Crippen LogP contribution in [0.3, 0.4) is 0 Å². The largest absolute Gasteiger partial charge is 0.492 e. The van der Waals surface area contributed by atoms with E-state index in [9.17, 15) is 4.79 Å². The Kier molecular flexibility index (Phi) is 5.43. The first-order valence-corrected chi connectivity index (χ1v) is 5.72. The fourth-order valence-corrected chi connectivity index (χ4v) is 1.21. The molecule has 0 aliphatic heterocycles. The van der Waals surface area contributed by atoms with E-state index in [-0.39, 0.29) is 0 Å². The number of nitrogens with one attached hydrogen (secondary N) is 1. The number of rotatable bonds is 5. The van der Waals surface area contributed by atoms with Gasteiger partial charge in [0.25, 0.3) is 5.91 Å². The Morgan fingerprint density at radius 2 is 2.00 bits per heavy atom. The van der Waals surface area contributed by atoms with Crippen LogP contribution in [-0.2, 0) is 4.79 Å². The Labute approximate surface area is 105 Å². The highest BCUT2D eigenvalue weighted by atomic mass is 35.5. The Balaban J connectivity index is 2.21. The van der Waals surface area contributed by atoms with Crippen molar-refractivity contribution >= 4 is 29.1 Å². The third-order valence-electron chi connectivity index (χ3n) is 1.89. The van der Waals surface area contributed by atoms with Crippen LogP contribution in [0, 0.1) is 6.92 Å².